The molecule has 0 spiro atoms. The smallest absolute Gasteiger partial charge is 0.224 e. The summed E-state index contributed by atoms with van der Waals surface area (Å²) >= 11 is 0. The number of piperidine rings is 1. The highest BCUT2D eigenvalue weighted by molar-refractivity contribution is 7.88. The summed E-state index contributed by atoms with van der Waals surface area (Å²) in [6, 6.07) is 0. The Bertz CT molecular complexity index is 340. The third-order valence-electron chi connectivity index (χ3n) is 2.77. The topological polar surface area (TPSA) is 66.5 Å². The molecule has 0 saturated carbocycles. The van der Waals surface area contributed by atoms with Crippen molar-refractivity contribution in [2.24, 2.45) is 5.92 Å². The lowest BCUT2D eigenvalue weighted by Crippen LogP contribution is -2.45. The third-order valence-corrected chi connectivity index (χ3v) is 4.04. The Labute approximate surface area is 97.2 Å². The summed E-state index contributed by atoms with van der Waals surface area (Å²) in [5.74, 6) is -0.203. The Hall–Kier alpha value is -0.620. The average Bonchev–Trinajstić information content (AvgIpc) is 2.25. The van der Waals surface area contributed by atoms with Crippen LogP contribution in [0.1, 0.15) is 26.2 Å². The van der Waals surface area contributed by atoms with Crippen molar-refractivity contribution in [3.8, 4) is 0 Å². The number of hydrogen-bond acceptors (Lipinski definition) is 3. The van der Waals surface area contributed by atoms with E-state index in [1.165, 1.54) is 10.6 Å². The monoisotopic (exact) mass is 248 g/mol. The fraction of sp³-hybridized carbons (Fsp3) is 0.900. The Kier molecular flexibility index (Phi) is 4.73. The minimum atomic E-state index is -3.16. The molecule has 1 rings (SSSR count). The number of hydrogen-bond donors (Lipinski definition) is 1. The summed E-state index contributed by atoms with van der Waals surface area (Å²) < 4.78 is 24.1. The zero-order valence-electron chi connectivity index (χ0n) is 9.90. The fourth-order valence-corrected chi connectivity index (χ4v) is 2.76. The fourth-order valence-electron chi connectivity index (χ4n) is 1.85. The summed E-state index contributed by atoms with van der Waals surface area (Å²) in [6.07, 6.45) is 3.63. The minimum absolute atomic E-state index is 0.0183. The van der Waals surface area contributed by atoms with Gasteiger partial charge in [-0.3, -0.25) is 4.79 Å². The van der Waals surface area contributed by atoms with Gasteiger partial charge >= 0.3 is 0 Å². The lowest BCUT2D eigenvalue weighted by molar-refractivity contribution is -0.126. The molecule has 1 atom stereocenters. The van der Waals surface area contributed by atoms with E-state index in [-0.39, 0.29) is 11.8 Å². The molecule has 1 saturated heterocycles. The van der Waals surface area contributed by atoms with Gasteiger partial charge in [0.05, 0.1) is 12.2 Å². The van der Waals surface area contributed by atoms with E-state index in [1.54, 1.807) is 0 Å². The number of nitrogens with one attached hydrogen (secondary N) is 1. The van der Waals surface area contributed by atoms with Gasteiger partial charge in [-0.1, -0.05) is 6.92 Å². The molecular weight excluding hydrogens is 228 g/mol. The van der Waals surface area contributed by atoms with E-state index in [0.29, 0.717) is 19.6 Å². The van der Waals surface area contributed by atoms with Crippen LogP contribution in [0.2, 0.25) is 0 Å². The Morgan fingerprint density at radius 1 is 1.50 bits per heavy atom. The van der Waals surface area contributed by atoms with Crippen LogP contribution in [0.15, 0.2) is 0 Å². The van der Waals surface area contributed by atoms with Gasteiger partial charge in [-0.15, -0.1) is 0 Å². The maximum absolute atomic E-state index is 11.7. The van der Waals surface area contributed by atoms with Crippen LogP contribution in [-0.2, 0) is 14.8 Å². The highest BCUT2D eigenvalue weighted by Gasteiger charge is 2.29. The summed E-state index contributed by atoms with van der Waals surface area (Å²) in [5.41, 5.74) is 0. The molecule has 1 heterocycles. The molecular formula is C10H20N2O3S. The molecule has 0 unspecified atom stereocenters. The van der Waals surface area contributed by atoms with Gasteiger partial charge in [0.2, 0.25) is 15.9 Å². The van der Waals surface area contributed by atoms with Gasteiger partial charge in [-0.25, -0.2) is 12.7 Å². The summed E-state index contributed by atoms with van der Waals surface area (Å²) in [7, 11) is -3.16. The SMILES string of the molecule is CCCNC(=O)[C@H]1CCCN(S(C)(=O)=O)C1. The molecule has 1 N–H and O–H groups in total. The van der Waals surface area contributed by atoms with Crippen LogP contribution in [0.25, 0.3) is 0 Å². The van der Waals surface area contributed by atoms with E-state index in [9.17, 15) is 13.2 Å². The zero-order chi connectivity index (χ0) is 12.2. The molecule has 5 nitrogen and oxygen atoms in total. The molecule has 0 aromatic rings. The molecule has 1 aliphatic heterocycles. The van der Waals surface area contributed by atoms with Crippen molar-refractivity contribution in [1.29, 1.82) is 0 Å². The van der Waals surface area contributed by atoms with Gasteiger partial charge in [-0.2, -0.15) is 0 Å². The maximum atomic E-state index is 11.7. The lowest BCUT2D eigenvalue weighted by atomic mass is 9.99. The van der Waals surface area contributed by atoms with E-state index in [0.717, 1.165) is 19.3 Å². The minimum Gasteiger partial charge on any atom is -0.356 e. The molecule has 0 aliphatic carbocycles. The Balaban J connectivity index is 2.54. The zero-order valence-corrected chi connectivity index (χ0v) is 10.7. The molecule has 0 radical (unpaired) electrons. The normalized spacial score (nSPS) is 23.0. The molecule has 0 aromatic heterocycles. The second-order valence-electron chi connectivity index (χ2n) is 4.25. The van der Waals surface area contributed by atoms with Crippen LogP contribution >= 0.6 is 0 Å². The van der Waals surface area contributed by atoms with Gasteiger partial charge in [-0.05, 0) is 19.3 Å². The van der Waals surface area contributed by atoms with Crippen molar-refractivity contribution in [1.82, 2.24) is 9.62 Å². The molecule has 1 aliphatic rings. The van der Waals surface area contributed by atoms with Crippen molar-refractivity contribution in [2.75, 3.05) is 25.9 Å². The second kappa shape index (κ2) is 5.63. The predicted molar refractivity (Wildman–Crippen MR) is 62.4 cm³/mol. The second-order valence-corrected chi connectivity index (χ2v) is 6.23. The largest absolute Gasteiger partial charge is 0.356 e. The Morgan fingerprint density at radius 2 is 2.19 bits per heavy atom. The third kappa shape index (κ3) is 3.75. The van der Waals surface area contributed by atoms with Crippen molar-refractivity contribution in [3.05, 3.63) is 0 Å². The average molecular weight is 248 g/mol. The van der Waals surface area contributed by atoms with Gasteiger partial charge in [0, 0.05) is 19.6 Å². The quantitative estimate of drug-likeness (QED) is 0.772. The van der Waals surface area contributed by atoms with Crippen LogP contribution in [0.4, 0.5) is 0 Å². The standard InChI is InChI=1S/C10H20N2O3S/c1-3-6-11-10(13)9-5-4-7-12(8-9)16(2,14)15/h9H,3-8H2,1-2H3,(H,11,13)/t9-/m0/s1. The summed E-state index contributed by atoms with van der Waals surface area (Å²) in [5, 5.41) is 2.81. The van der Waals surface area contributed by atoms with Crippen molar-refractivity contribution in [3.63, 3.8) is 0 Å². The molecule has 1 amide bonds. The van der Waals surface area contributed by atoms with E-state index in [1.807, 2.05) is 6.92 Å². The first-order chi connectivity index (χ1) is 7.45. The van der Waals surface area contributed by atoms with Crippen LogP contribution in [0, 0.1) is 5.92 Å². The molecule has 1 fully saturated rings. The number of amides is 1. The molecule has 0 aromatic carbocycles. The molecule has 6 heteroatoms. The van der Waals surface area contributed by atoms with Crippen LogP contribution in [0.5, 0.6) is 0 Å². The van der Waals surface area contributed by atoms with Gasteiger partial charge in [0.25, 0.3) is 0 Å². The molecule has 16 heavy (non-hydrogen) atoms. The van der Waals surface area contributed by atoms with E-state index in [2.05, 4.69) is 5.32 Å². The van der Waals surface area contributed by atoms with Crippen LogP contribution < -0.4 is 5.32 Å². The van der Waals surface area contributed by atoms with Crippen LogP contribution in [0.3, 0.4) is 0 Å². The number of carbonyl (C=O) groups is 1. The maximum Gasteiger partial charge on any atom is 0.224 e. The molecule has 0 bridgehead atoms. The van der Waals surface area contributed by atoms with Crippen molar-refractivity contribution in [2.45, 2.75) is 26.2 Å². The highest BCUT2D eigenvalue weighted by atomic mass is 32.2. The summed E-state index contributed by atoms with van der Waals surface area (Å²) in [4.78, 5) is 11.7. The van der Waals surface area contributed by atoms with Crippen molar-refractivity contribution >= 4 is 15.9 Å². The van der Waals surface area contributed by atoms with Crippen LogP contribution in [-0.4, -0.2) is 44.5 Å². The number of nitrogens with zero attached hydrogens (tertiary/aromatic N) is 1. The Morgan fingerprint density at radius 3 is 2.75 bits per heavy atom. The van der Waals surface area contributed by atoms with E-state index in [4.69, 9.17) is 0 Å². The highest BCUT2D eigenvalue weighted by Crippen LogP contribution is 2.18. The number of rotatable bonds is 4. The lowest BCUT2D eigenvalue weighted by Gasteiger charge is -2.30. The summed E-state index contributed by atoms with van der Waals surface area (Å²) in [6.45, 7) is 3.52. The first kappa shape index (κ1) is 13.4. The first-order valence-corrected chi connectivity index (χ1v) is 7.52. The van der Waals surface area contributed by atoms with E-state index >= 15 is 0 Å². The van der Waals surface area contributed by atoms with Gasteiger partial charge in [0.1, 0.15) is 0 Å². The number of carbonyl (C=O) groups excluding carboxylic acids is 1. The predicted octanol–water partition coefficient (Wildman–Crippen LogP) is 0.184. The van der Waals surface area contributed by atoms with E-state index < -0.39 is 10.0 Å². The van der Waals surface area contributed by atoms with Gasteiger partial charge < -0.3 is 5.32 Å². The van der Waals surface area contributed by atoms with Crippen molar-refractivity contribution < 1.29 is 13.2 Å². The molecule has 94 valence electrons. The van der Waals surface area contributed by atoms with Gasteiger partial charge in [0.15, 0.2) is 0 Å². The first-order valence-electron chi connectivity index (χ1n) is 5.68. The number of sulfonamides is 1.